The molecule has 0 saturated carbocycles. The molecule has 0 bridgehead atoms. The number of hydrogen-bond donors (Lipinski definition) is 1. The third-order valence-electron chi connectivity index (χ3n) is 2.67. The van der Waals surface area contributed by atoms with E-state index in [1.807, 2.05) is 0 Å². The third kappa shape index (κ3) is 1.96. The number of alkyl halides is 1. The van der Waals surface area contributed by atoms with E-state index in [-0.39, 0.29) is 5.41 Å². The molecular formula is C13H16BrN. The number of hydrogen-bond acceptors (Lipinski definition) is 0. The zero-order valence-electron chi connectivity index (χ0n) is 9.39. The van der Waals surface area contributed by atoms with Crippen molar-refractivity contribution in [1.29, 1.82) is 0 Å². The highest BCUT2D eigenvalue weighted by atomic mass is 79.9. The van der Waals surface area contributed by atoms with Gasteiger partial charge >= 0.3 is 0 Å². The second-order valence-electron chi connectivity index (χ2n) is 4.95. The lowest BCUT2D eigenvalue weighted by Crippen LogP contribution is -2.10. The second-order valence-corrected chi connectivity index (χ2v) is 5.51. The Hall–Kier alpha value is -0.760. The van der Waals surface area contributed by atoms with Crippen molar-refractivity contribution >= 4 is 26.8 Å². The Labute approximate surface area is 99.0 Å². The summed E-state index contributed by atoms with van der Waals surface area (Å²) in [5.74, 6) is 0. The summed E-state index contributed by atoms with van der Waals surface area (Å²) in [4.78, 5) is 3.41. The highest BCUT2D eigenvalue weighted by molar-refractivity contribution is 9.08. The van der Waals surface area contributed by atoms with Crippen LogP contribution in [0.5, 0.6) is 0 Å². The summed E-state index contributed by atoms with van der Waals surface area (Å²) < 4.78 is 0. The summed E-state index contributed by atoms with van der Waals surface area (Å²) in [6.07, 6.45) is 0. The van der Waals surface area contributed by atoms with Gasteiger partial charge in [0.25, 0.3) is 0 Å². The van der Waals surface area contributed by atoms with Gasteiger partial charge in [-0.25, -0.2) is 0 Å². The monoisotopic (exact) mass is 265 g/mol. The van der Waals surface area contributed by atoms with E-state index in [1.54, 1.807) is 0 Å². The molecule has 15 heavy (non-hydrogen) atoms. The third-order valence-corrected chi connectivity index (χ3v) is 3.28. The molecule has 1 aromatic carbocycles. The van der Waals surface area contributed by atoms with Gasteiger partial charge in [0.05, 0.1) is 0 Å². The van der Waals surface area contributed by atoms with E-state index >= 15 is 0 Å². The first-order chi connectivity index (χ1) is 7.02. The average Bonchev–Trinajstić information content (AvgIpc) is 2.57. The van der Waals surface area contributed by atoms with Crippen LogP contribution in [-0.4, -0.2) is 4.98 Å². The van der Waals surface area contributed by atoms with Crippen molar-refractivity contribution in [2.24, 2.45) is 0 Å². The molecule has 80 valence electrons. The van der Waals surface area contributed by atoms with Gasteiger partial charge in [0.1, 0.15) is 0 Å². The van der Waals surface area contributed by atoms with E-state index < -0.39 is 0 Å². The van der Waals surface area contributed by atoms with Gasteiger partial charge in [0, 0.05) is 21.9 Å². The molecular weight excluding hydrogens is 250 g/mol. The Kier molecular flexibility index (Phi) is 2.63. The standard InChI is InChI=1S/C13H16BrN/c1-13(2,3)11-5-4-6-12-10(11)7-9(8-14)15-12/h4-7,15H,8H2,1-3H3. The molecule has 2 rings (SSSR count). The molecule has 2 aromatic rings. The van der Waals surface area contributed by atoms with Gasteiger partial charge in [-0.15, -0.1) is 0 Å². The van der Waals surface area contributed by atoms with Gasteiger partial charge in [0.15, 0.2) is 0 Å². The number of rotatable bonds is 1. The van der Waals surface area contributed by atoms with E-state index in [9.17, 15) is 0 Å². The number of aromatic nitrogens is 1. The molecule has 0 saturated heterocycles. The molecule has 0 unspecified atom stereocenters. The van der Waals surface area contributed by atoms with E-state index in [4.69, 9.17) is 0 Å². The van der Waals surface area contributed by atoms with Crippen LogP contribution in [0.15, 0.2) is 24.3 Å². The van der Waals surface area contributed by atoms with Crippen molar-refractivity contribution in [3.63, 3.8) is 0 Å². The summed E-state index contributed by atoms with van der Waals surface area (Å²) in [6, 6.07) is 8.72. The van der Waals surface area contributed by atoms with Gasteiger partial charge in [0.2, 0.25) is 0 Å². The van der Waals surface area contributed by atoms with Crippen LogP contribution in [0.4, 0.5) is 0 Å². The van der Waals surface area contributed by atoms with E-state index in [0.29, 0.717) is 0 Å². The SMILES string of the molecule is CC(C)(C)c1cccc2[nH]c(CBr)cc12. The molecule has 1 N–H and O–H groups in total. The van der Waals surface area contributed by atoms with E-state index in [2.05, 4.69) is 66.0 Å². The molecule has 0 spiro atoms. The number of fused-ring (bicyclic) bond motifs is 1. The Morgan fingerprint density at radius 1 is 1.27 bits per heavy atom. The van der Waals surface area contributed by atoms with Crippen molar-refractivity contribution in [1.82, 2.24) is 4.98 Å². The number of aromatic amines is 1. The van der Waals surface area contributed by atoms with Crippen molar-refractivity contribution in [3.8, 4) is 0 Å². The fourth-order valence-corrected chi connectivity index (χ4v) is 2.24. The number of benzene rings is 1. The Morgan fingerprint density at radius 3 is 2.60 bits per heavy atom. The lowest BCUT2D eigenvalue weighted by Gasteiger charge is -2.19. The van der Waals surface area contributed by atoms with Gasteiger partial charge in [-0.3, -0.25) is 0 Å². The molecule has 2 heteroatoms. The molecule has 0 aliphatic rings. The van der Waals surface area contributed by atoms with Crippen LogP contribution in [-0.2, 0) is 10.7 Å². The number of H-pyrrole nitrogens is 1. The highest BCUT2D eigenvalue weighted by Gasteiger charge is 2.17. The predicted molar refractivity (Wildman–Crippen MR) is 69.6 cm³/mol. The van der Waals surface area contributed by atoms with Crippen LogP contribution in [0.25, 0.3) is 10.9 Å². The molecule has 0 atom stereocenters. The smallest absolute Gasteiger partial charge is 0.0459 e. The van der Waals surface area contributed by atoms with Crippen molar-refractivity contribution in [2.45, 2.75) is 31.5 Å². The first kappa shape index (κ1) is 10.7. The predicted octanol–water partition coefficient (Wildman–Crippen LogP) is 4.36. The Bertz CT molecular complexity index is 477. The molecule has 1 heterocycles. The second kappa shape index (κ2) is 3.67. The fraction of sp³-hybridized carbons (Fsp3) is 0.385. The van der Waals surface area contributed by atoms with Crippen LogP contribution >= 0.6 is 15.9 Å². The summed E-state index contributed by atoms with van der Waals surface area (Å²) in [6.45, 7) is 6.76. The van der Waals surface area contributed by atoms with Crippen molar-refractivity contribution in [2.75, 3.05) is 0 Å². The molecule has 1 nitrogen and oxygen atoms in total. The molecule has 0 fully saturated rings. The van der Waals surface area contributed by atoms with Crippen LogP contribution in [0.2, 0.25) is 0 Å². The average molecular weight is 266 g/mol. The minimum absolute atomic E-state index is 0.200. The molecule has 0 amide bonds. The van der Waals surface area contributed by atoms with Gasteiger partial charge in [-0.05, 0) is 23.1 Å². The van der Waals surface area contributed by atoms with Crippen molar-refractivity contribution in [3.05, 3.63) is 35.5 Å². The lowest BCUT2D eigenvalue weighted by atomic mass is 9.85. The largest absolute Gasteiger partial charge is 0.358 e. The van der Waals surface area contributed by atoms with E-state index in [1.165, 1.54) is 22.2 Å². The summed E-state index contributed by atoms with van der Waals surface area (Å²) in [5, 5.41) is 2.23. The quantitative estimate of drug-likeness (QED) is 0.738. The maximum Gasteiger partial charge on any atom is 0.0459 e. The molecule has 1 aromatic heterocycles. The van der Waals surface area contributed by atoms with Gasteiger partial charge in [-0.2, -0.15) is 0 Å². The zero-order valence-corrected chi connectivity index (χ0v) is 11.0. The summed E-state index contributed by atoms with van der Waals surface area (Å²) >= 11 is 3.48. The molecule has 0 radical (unpaired) electrons. The van der Waals surface area contributed by atoms with Crippen LogP contribution < -0.4 is 0 Å². The van der Waals surface area contributed by atoms with Crippen LogP contribution in [0.3, 0.4) is 0 Å². The van der Waals surface area contributed by atoms with Crippen LogP contribution in [0, 0.1) is 0 Å². The number of nitrogens with one attached hydrogen (secondary N) is 1. The first-order valence-electron chi connectivity index (χ1n) is 5.19. The van der Waals surface area contributed by atoms with Gasteiger partial charge < -0.3 is 4.98 Å². The molecule has 0 aliphatic heterocycles. The molecule has 0 aliphatic carbocycles. The highest BCUT2D eigenvalue weighted by Crippen LogP contribution is 2.30. The van der Waals surface area contributed by atoms with E-state index in [0.717, 1.165) is 5.33 Å². The first-order valence-corrected chi connectivity index (χ1v) is 6.31. The number of halogens is 1. The van der Waals surface area contributed by atoms with Crippen LogP contribution in [0.1, 0.15) is 32.0 Å². The lowest BCUT2D eigenvalue weighted by molar-refractivity contribution is 0.596. The topological polar surface area (TPSA) is 15.8 Å². The minimum Gasteiger partial charge on any atom is -0.358 e. The van der Waals surface area contributed by atoms with Gasteiger partial charge in [-0.1, -0.05) is 48.8 Å². The summed E-state index contributed by atoms with van der Waals surface area (Å²) in [5.41, 5.74) is 4.08. The Balaban J connectivity index is 2.70. The maximum absolute atomic E-state index is 3.48. The zero-order chi connectivity index (χ0) is 11.1. The summed E-state index contributed by atoms with van der Waals surface area (Å²) in [7, 11) is 0. The minimum atomic E-state index is 0.200. The fourth-order valence-electron chi connectivity index (χ4n) is 1.94. The van der Waals surface area contributed by atoms with Crippen molar-refractivity contribution < 1.29 is 0 Å². The Morgan fingerprint density at radius 2 is 2.00 bits per heavy atom. The normalized spacial score (nSPS) is 12.3. The maximum atomic E-state index is 3.48.